The number of pyridine rings is 1. The highest BCUT2D eigenvalue weighted by Crippen LogP contribution is 2.33. The van der Waals surface area contributed by atoms with Gasteiger partial charge in [-0.3, -0.25) is 9.78 Å². The Balaban J connectivity index is 1.23. The summed E-state index contributed by atoms with van der Waals surface area (Å²) >= 11 is 1.42. The SMILES string of the molecule is Cc1nc(NC(=O)C2CCN(c3oc(-c4ccco4)nc3C#N)CC2)sc1-c1ccccn1. The lowest BCUT2D eigenvalue weighted by molar-refractivity contribution is -0.120. The van der Waals surface area contributed by atoms with Crippen LogP contribution in [-0.4, -0.2) is 33.9 Å². The van der Waals surface area contributed by atoms with E-state index in [1.54, 1.807) is 18.3 Å². The number of nitrogens with zero attached hydrogens (tertiary/aromatic N) is 5. The number of hydrogen-bond acceptors (Lipinski definition) is 9. The number of aryl methyl sites for hydroxylation is 1. The molecule has 0 spiro atoms. The Kier molecular flexibility index (Phi) is 5.62. The van der Waals surface area contributed by atoms with Crippen molar-refractivity contribution in [3.05, 3.63) is 54.2 Å². The number of aromatic nitrogens is 3. The molecule has 9 nitrogen and oxygen atoms in total. The maximum absolute atomic E-state index is 12.9. The second-order valence-corrected chi connectivity index (χ2v) is 8.66. The largest absolute Gasteiger partial charge is 0.459 e. The standard InChI is InChI=1S/C23H20N6O3S/c1-14-19(16-5-2-3-9-25-16)33-23(26-14)28-20(30)15-7-10-29(11-8-15)22-17(13-24)27-21(32-22)18-6-4-12-31-18/h2-6,9,12,15H,7-8,10-11H2,1H3,(H,26,28,30). The second-order valence-electron chi connectivity index (χ2n) is 7.66. The van der Waals surface area contributed by atoms with Crippen molar-refractivity contribution >= 4 is 28.3 Å². The summed E-state index contributed by atoms with van der Waals surface area (Å²) in [4.78, 5) is 28.9. The van der Waals surface area contributed by atoms with E-state index >= 15 is 0 Å². The number of rotatable bonds is 5. The third-order valence-corrected chi connectivity index (χ3v) is 6.62. The van der Waals surface area contributed by atoms with Gasteiger partial charge in [0.1, 0.15) is 6.07 Å². The Hall–Kier alpha value is -3.97. The molecule has 4 aromatic rings. The van der Waals surface area contributed by atoms with Crippen molar-refractivity contribution in [3.8, 4) is 28.3 Å². The van der Waals surface area contributed by atoms with Crippen LogP contribution in [0, 0.1) is 24.2 Å². The minimum atomic E-state index is -0.151. The smallest absolute Gasteiger partial charge is 0.266 e. The summed E-state index contributed by atoms with van der Waals surface area (Å²) in [5.41, 5.74) is 1.89. The molecular formula is C23H20N6O3S. The number of nitriles is 1. The Morgan fingerprint density at radius 2 is 2.09 bits per heavy atom. The molecule has 10 heteroatoms. The molecule has 0 radical (unpaired) electrons. The summed E-state index contributed by atoms with van der Waals surface area (Å²) in [6.07, 6.45) is 4.53. The molecule has 0 aliphatic carbocycles. The summed E-state index contributed by atoms with van der Waals surface area (Å²) in [6, 6.07) is 11.3. The molecule has 0 atom stereocenters. The first-order valence-electron chi connectivity index (χ1n) is 10.5. The normalized spacial score (nSPS) is 14.2. The van der Waals surface area contributed by atoms with Crippen molar-refractivity contribution in [2.75, 3.05) is 23.3 Å². The van der Waals surface area contributed by atoms with Crippen LogP contribution < -0.4 is 10.2 Å². The Morgan fingerprint density at radius 3 is 2.79 bits per heavy atom. The van der Waals surface area contributed by atoms with Gasteiger partial charge in [-0.25, -0.2) is 4.98 Å². The molecule has 1 N–H and O–H groups in total. The zero-order valence-electron chi connectivity index (χ0n) is 17.8. The van der Waals surface area contributed by atoms with E-state index in [1.165, 1.54) is 17.6 Å². The zero-order chi connectivity index (χ0) is 22.8. The summed E-state index contributed by atoms with van der Waals surface area (Å²) in [5.74, 6) is 0.954. The second kappa shape index (κ2) is 8.88. The van der Waals surface area contributed by atoms with Crippen LogP contribution in [0.3, 0.4) is 0 Å². The topological polar surface area (TPSA) is 121 Å². The van der Waals surface area contributed by atoms with E-state index in [9.17, 15) is 10.1 Å². The first-order chi connectivity index (χ1) is 16.1. The Labute approximate surface area is 193 Å². The number of amides is 1. The lowest BCUT2D eigenvalue weighted by atomic mass is 9.96. The van der Waals surface area contributed by atoms with E-state index in [4.69, 9.17) is 8.83 Å². The van der Waals surface area contributed by atoms with E-state index < -0.39 is 0 Å². The van der Waals surface area contributed by atoms with Gasteiger partial charge in [0, 0.05) is 25.2 Å². The van der Waals surface area contributed by atoms with Crippen LogP contribution in [0.25, 0.3) is 22.2 Å². The van der Waals surface area contributed by atoms with Gasteiger partial charge in [-0.2, -0.15) is 10.2 Å². The average molecular weight is 461 g/mol. The highest BCUT2D eigenvalue weighted by molar-refractivity contribution is 7.19. The molecule has 1 amide bonds. The molecule has 5 heterocycles. The van der Waals surface area contributed by atoms with Crippen LogP contribution in [0.5, 0.6) is 0 Å². The van der Waals surface area contributed by atoms with Gasteiger partial charge in [0.15, 0.2) is 10.9 Å². The molecule has 33 heavy (non-hydrogen) atoms. The molecular weight excluding hydrogens is 440 g/mol. The minimum absolute atomic E-state index is 0.0506. The zero-order valence-corrected chi connectivity index (χ0v) is 18.6. The van der Waals surface area contributed by atoms with E-state index in [2.05, 4.69) is 26.3 Å². The number of piperidine rings is 1. The fourth-order valence-corrected chi connectivity index (χ4v) is 4.79. The van der Waals surface area contributed by atoms with Gasteiger partial charge in [-0.05, 0) is 44.0 Å². The number of carbonyl (C=O) groups is 1. The van der Waals surface area contributed by atoms with Crippen molar-refractivity contribution in [1.29, 1.82) is 5.26 Å². The number of anilines is 2. The summed E-state index contributed by atoms with van der Waals surface area (Å²) in [5, 5.41) is 13.0. The highest BCUT2D eigenvalue weighted by Gasteiger charge is 2.30. The van der Waals surface area contributed by atoms with Crippen LogP contribution in [-0.2, 0) is 4.79 Å². The molecule has 1 saturated heterocycles. The number of carbonyl (C=O) groups excluding carboxylic acids is 1. The molecule has 1 fully saturated rings. The van der Waals surface area contributed by atoms with Crippen molar-refractivity contribution in [2.45, 2.75) is 19.8 Å². The third kappa shape index (κ3) is 4.23. The summed E-state index contributed by atoms with van der Waals surface area (Å²) < 4.78 is 11.1. The molecule has 0 saturated carbocycles. The average Bonchev–Trinajstić information content (AvgIpc) is 3.59. The first-order valence-corrected chi connectivity index (χ1v) is 11.3. The van der Waals surface area contributed by atoms with Gasteiger partial charge in [-0.1, -0.05) is 17.4 Å². The van der Waals surface area contributed by atoms with Crippen molar-refractivity contribution in [3.63, 3.8) is 0 Å². The fraction of sp³-hybridized carbons (Fsp3) is 0.261. The van der Waals surface area contributed by atoms with E-state index in [0.717, 1.165) is 16.3 Å². The summed E-state index contributed by atoms with van der Waals surface area (Å²) in [6.45, 7) is 3.07. The fourth-order valence-electron chi connectivity index (χ4n) is 3.84. The van der Waals surface area contributed by atoms with Gasteiger partial charge >= 0.3 is 0 Å². The number of thiazole rings is 1. The lowest BCUT2D eigenvalue weighted by Crippen LogP contribution is -2.38. The number of nitrogens with one attached hydrogen (secondary N) is 1. The minimum Gasteiger partial charge on any atom is -0.459 e. The van der Waals surface area contributed by atoms with Gasteiger partial charge in [0.05, 0.1) is 22.5 Å². The predicted molar refractivity (Wildman–Crippen MR) is 123 cm³/mol. The van der Waals surface area contributed by atoms with E-state index in [1.807, 2.05) is 30.0 Å². The van der Waals surface area contributed by atoms with Gasteiger partial charge in [-0.15, -0.1) is 0 Å². The van der Waals surface area contributed by atoms with E-state index in [0.29, 0.717) is 42.7 Å². The predicted octanol–water partition coefficient (Wildman–Crippen LogP) is 4.49. The molecule has 0 unspecified atom stereocenters. The van der Waals surface area contributed by atoms with Crippen LogP contribution in [0.2, 0.25) is 0 Å². The quantitative estimate of drug-likeness (QED) is 0.462. The Morgan fingerprint density at radius 1 is 1.24 bits per heavy atom. The first kappa shape index (κ1) is 20.9. The van der Waals surface area contributed by atoms with Crippen LogP contribution in [0.15, 0.2) is 51.6 Å². The molecule has 1 aliphatic rings. The summed E-state index contributed by atoms with van der Waals surface area (Å²) in [7, 11) is 0. The maximum atomic E-state index is 12.9. The monoisotopic (exact) mass is 460 g/mol. The molecule has 5 rings (SSSR count). The van der Waals surface area contributed by atoms with Crippen molar-refractivity contribution in [2.24, 2.45) is 5.92 Å². The highest BCUT2D eigenvalue weighted by atomic mass is 32.1. The van der Waals surface area contributed by atoms with Gasteiger partial charge in [0.2, 0.25) is 17.5 Å². The van der Waals surface area contributed by atoms with Crippen LogP contribution >= 0.6 is 11.3 Å². The van der Waals surface area contributed by atoms with Crippen molar-refractivity contribution < 1.29 is 13.6 Å². The molecule has 0 bridgehead atoms. The number of oxazole rings is 1. The Bertz CT molecular complexity index is 1300. The maximum Gasteiger partial charge on any atom is 0.266 e. The molecule has 1 aliphatic heterocycles. The molecule has 4 aromatic heterocycles. The van der Waals surface area contributed by atoms with Gasteiger partial charge < -0.3 is 19.1 Å². The van der Waals surface area contributed by atoms with Crippen LogP contribution in [0.1, 0.15) is 24.2 Å². The molecule has 166 valence electrons. The lowest BCUT2D eigenvalue weighted by Gasteiger charge is -2.30. The number of furan rings is 1. The van der Waals surface area contributed by atoms with E-state index in [-0.39, 0.29) is 23.4 Å². The third-order valence-electron chi connectivity index (χ3n) is 5.52. The van der Waals surface area contributed by atoms with Crippen LogP contribution in [0.4, 0.5) is 11.0 Å². The van der Waals surface area contributed by atoms with Gasteiger partial charge in [0.25, 0.3) is 5.89 Å². The number of hydrogen-bond donors (Lipinski definition) is 1. The molecule has 0 aromatic carbocycles. The van der Waals surface area contributed by atoms with Crippen molar-refractivity contribution in [1.82, 2.24) is 15.0 Å².